The fraction of sp³-hybridized carbons (Fsp3) is 0. The highest BCUT2D eigenvalue weighted by Crippen LogP contribution is 2.08. The summed E-state index contributed by atoms with van der Waals surface area (Å²) in [5.41, 5.74) is 1.72. The standard InChI is InChI=1S/C3H2NS2/c5-3-1-4-2-6-3/h1-2H. The maximum Gasteiger partial charge on any atom is 0.110 e. The van der Waals surface area contributed by atoms with Crippen molar-refractivity contribution in [2.45, 2.75) is 4.21 Å². The predicted octanol–water partition coefficient (Wildman–Crippen LogP) is 1.70. The third kappa shape index (κ3) is 0.666. The molecule has 0 saturated heterocycles. The number of thiazole rings is 1. The summed E-state index contributed by atoms with van der Waals surface area (Å²) in [6.45, 7) is 0. The molecule has 1 rings (SSSR count). The van der Waals surface area contributed by atoms with Crippen LogP contribution in [0.1, 0.15) is 0 Å². The summed E-state index contributed by atoms with van der Waals surface area (Å²) in [6.07, 6.45) is 1.67. The lowest BCUT2D eigenvalue weighted by Crippen LogP contribution is -1.42. The van der Waals surface area contributed by atoms with E-state index in [0.29, 0.717) is 0 Å². The van der Waals surface area contributed by atoms with E-state index >= 15 is 0 Å². The van der Waals surface area contributed by atoms with E-state index in [1.54, 1.807) is 11.7 Å². The van der Waals surface area contributed by atoms with E-state index in [1.807, 2.05) is 0 Å². The first-order chi connectivity index (χ1) is 2.89. The van der Waals surface area contributed by atoms with Crippen molar-refractivity contribution in [3.05, 3.63) is 11.7 Å². The van der Waals surface area contributed by atoms with Crippen LogP contribution in [0.4, 0.5) is 0 Å². The van der Waals surface area contributed by atoms with Gasteiger partial charge in [-0.2, -0.15) is 0 Å². The van der Waals surface area contributed by atoms with Gasteiger partial charge in [-0.25, -0.2) is 0 Å². The first kappa shape index (κ1) is 4.02. The van der Waals surface area contributed by atoms with Crippen LogP contribution in [0, 0.1) is 0 Å². The highest BCUT2D eigenvalue weighted by molar-refractivity contribution is 7.82. The van der Waals surface area contributed by atoms with Crippen LogP contribution < -0.4 is 0 Å². The van der Waals surface area contributed by atoms with Crippen LogP contribution in [-0.4, -0.2) is 4.98 Å². The summed E-state index contributed by atoms with van der Waals surface area (Å²) >= 11 is 6.18. The van der Waals surface area contributed by atoms with E-state index in [0.717, 1.165) is 4.21 Å². The molecule has 1 nitrogen and oxygen atoms in total. The van der Waals surface area contributed by atoms with Gasteiger partial charge in [0, 0.05) is 0 Å². The van der Waals surface area contributed by atoms with Crippen molar-refractivity contribution >= 4 is 24.0 Å². The molecule has 0 aliphatic rings. The Labute approximate surface area is 45.4 Å². The second-order valence-corrected chi connectivity index (χ2v) is 2.41. The third-order valence-corrected chi connectivity index (χ3v) is 1.37. The molecule has 0 saturated carbocycles. The molecule has 0 atom stereocenters. The van der Waals surface area contributed by atoms with Crippen molar-refractivity contribution in [3.63, 3.8) is 0 Å². The third-order valence-electron chi connectivity index (χ3n) is 0.410. The minimum absolute atomic E-state index is 0.856. The molecule has 31 valence electrons. The van der Waals surface area contributed by atoms with Crippen molar-refractivity contribution in [1.29, 1.82) is 0 Å². The molecule has 1 aromatic rings. The number of rotatable bonds is 0. The Balaban J connectivity index is 3.05. The molecule has 0 amide bonds. The van der Waals surface area contributed by atoms with E-state index in [1.165, 1.54) is 11.3 Å². The van der Waals surface area contributed by atoms with Gasteiger partial charge in [-0.15, -0.1) is 11.3 Å². The zero-order chi connectivity index (χ0) is 4.41. The Bertz CT molecular complexity index is 112. The zero-order valence-electron chi connectivity index (χ0n) is 2.92. The Morgan fingerprint density at radius 3 is 2.83 bits per heavy atom. The summed E-state index contributed by atoms with van der Waals surface area (Å²) < 4.78 is 0.856. The highest BCUT2D eigenvalue weighted by atomic mass is 32.2. The summed E-state index contributed by atoms with van der Waals surface area (Å²) in [7, 11) is 0. The van der Waals surface area contributed by atoms with Gasteiger partial charge in [0.15, 0.2) is 0 Å². The highest BCUT2D eigenvalue weighted by Gasteiger charge is 1.79. The molecular formula is C3H2NS2. The fourth-order valence-electron chi connectivity index (χ4n) is 0.204. The SMILES string of the molecule is [S]c1cncs1. The molecule has 0 bridgehead atoms. The average Bonchev–Trinajstić information content (AvgIpc) is 1.86. The van der Waals surface area contributed by atoms with E-state index in [9.17, 15) is 0 Å². The lowest BCUT2D eigenvalue weighted by atomic mass is 11.0. The summed E-state index contributed by atoms with van der Waals surface area (Å²) in [6, 6.07) is 0. The van der Waals surface area contributed by atoms with Crippen molar-refractivity contribution < 1.29 is 0 Å². The number of aromatic nitrogens is 1. The lowest BCUT2D eigenvalue weighted by Gasteiger charge is -1.59. The molecule has 3 heteroatoms. The van der Waals surface area contributed by atoms with Gasteiger partial charge in [-0.3, -0.25) is 4.98 Å². The topological polar surface area (TPSA) is 12.9 Å². The van der Waals surface area contributed by atoms with Crippen LogP contribution in [0.15, 0.2) is 15.9 Å². The Morgan fingerprint density at radius 1 is 1.83 bits per heavy atom. The van der Waals surface area contributed by atoms with E-state index < -0.39 is 0 Å². The molecule has 0 aromatic carbocycles. The van der Waals surface area contributed by atoms with Crippen molar-refractivity contribution in [2.75, 3.05) is 0 Å². The Hall–Kier alpha value is -0.150. The van der Waals surface area contributed by atoms with Crippen molar-refractivity contribution in [2.24, 2.45) is 0 Å². The number of hydrogen-bond acceptors (Lipinski definition) is 2. The quantitative estimate of drug-likeness (QED) is 0.502. The normalized spacial score (nSPS) is 8.67. The van der Waals surface area contributed by atoms with Gasteiger partial charge in [0.05, 0.1) is 11.7 Å². The molecule has 0 spiro atoms. The minimum Gasteiger partial charge on any atom is -0.252 e. The summed E-state index contributed by atoms with van der Waals surface area (Å²) in [5.74, 6) is 0. The van der Waals surface area contributed by atoms with Gasteiger partial charge in [-0.05, 0) is 0 Å². The van der Waals surface area contributed by atoms with Crippen LogP contribution in [0.5, 0.6) is 0 Å². The van der Waals surface area contributed by atoms with Gasteiger partial charge < -0.3 is 0 Å². The van der Waals surface area contributed by atoms with Crippen LogP contribution in [0.2, 0.25) is 0 Å². The smallest absolute Gasteiger partial charge is 0.110 e. The average molecular weight is 116 g/mol. The van der Waals surface area contributed by atoms with E-state index in [2.05, 4.69) is 4.98 Å². The molecule has 1 radical (unpaired) electrons. The summed E-state index contributed by atoms with van der Waals surface area (Å²) in [5, 5.41) is 0. The zero-order valence-corrected chi connectivity index (χ0v) is 4.55. The Morgan fingerprint density at radius 2 is 2.67 bits per heavy atom. The molecule has 0 unspecified atom stereocenters. The molecule has 0 N–H and O–H groups in total. The van der Waals surface area contributed by atoms with Crippen LogP contribution in [0.25, 0.3) is 0 Å². The van der Waals surface area contributed by atoms with Crippen molar-refractivity contribution in [3.8, 4) is 0 Å². The molecule has 1 aromatic heterocycles. The minimum atomic E-state index is 0.856. The predicted molar refractivity (Wildman–Crippen MR) is 28.0 cm³/mol. The fourth-order valence-corrected chi connectivity index (χ4v) is 0.741. The van der Waals surface area contributed by atoms with Gasteiger partial charge >= 0.3 is 0 Å². The molecule has 0 aliphatic heterocycles. The van der Waals surface area contributed by atoms with E-state index in [4.69, 9.17) is 12.6 Å². The van der Waals surface area contributed by atoms with Crippen LogP contribution in [0.3, 0.4) is 0 Å². The van der Waals surface area contributed by atoms with Gasteiger partial charge in [-0.1, -0.05) is 12.6 Å². The molecule has 1 heterocycles. The monoisotopic (exact) mass is 116 g/mol. The second kappa shape index (κ2) is 1.53. The second-order valence-electron chi connectivity index (χ2n) is 0.820. The first-order valence-electron chi connectivity index (χ1n) is 1.45. The van der Waals surface area contributed by atoms with Crippen molar-refractivity contribution in [1.82, 2.24) is 4.98 Å². The maximum atomic E-state index is 4.70. The lowest BCUT2D eigenvalue weighted by molar-refractivity contribution is 1.38. The molecular weight excluding hydrogens is 114 g/mol. The van der Waals surface area contributed by atoms with Crippen LogP contribution in [-0.2, 0) is 0 Å². The summed E-state index contributed by atoms with van der Waals surface area (Å²) in [4.78, 5) is 3.74. The van der Waals surface area contributed by atoms with Gasteiger partial charge in [0.2, 0.25) is 0 Å². The number of nitrogens with zero attached hydrogens (tertiary/aromatic N) is 1. The van der Waals surface area contributed by atoms with Gasteiger partial charge in [0.25, 0.3) is 0 Å². The van der Waals surface area contributed by atoms with E-state index in [-0.39, 0.29) is 0 Å². The molecule has 0 fully saturated rings. The van der Waals surface area contributed by atoms with Gasteiger partial charge in [0.1, 0.15) is 4.21 Å². The van der Waals surface area contributed by atoms with Crippen LogP contribution >= 0.6 is 24.0 Å². The molecule has 6 heavy (non-hydrogen) atoms. The largest absolute Gasteiger partial charge is 0.252 e. The number of hydrogen-bond donors (Lipinski definition) is 0. The maximum absolute atomic E-state index is 4.70. The first-order valence-corrected chi connectivity index (χ1v) is 2.74. The molecule has 0 aliphatic carbocycles. The Kier molecular flexibility index (Phi) is 1.03.